The lowest BCUT2D eigenvalue weighted by atomic mass is 10.2. The molecule has 134 valence electrons. The Hall–Kier alpha value is -2.02. The van der Waals surface area contributed by atoms with Gasteiger partial charge in [0.15, 0.2) is 0 Å². The fourth-order valence-electron chi connectivity index (χ4n) is 1.86. The highest BCUT2D eigenvalue weighted by Gasteiger charge is 2.15. The van der Waals surface area contributed by atoms with Crippen LogP contribution in [-0.4, -0.2) is 40.5 Å². The van der Waals surface area contributed by atoms with Crippen molar-refractivity contribution in [3.05, 3.63) is 22.5 Å². The second-order valence-electron chi connectivity index (χ2n) is 6.32. The zero-order valence-corrected chi connectivity index (χ0v) is 15.5. The van der Waals surface area contributed by atoms with Crippen LogP contribution in [0.1, 0.15) is 38.4 Å². The van der Waals surface area contributed by atoms with Crippen molar-refractivity contribution in [2.45, 2.75) is 39.7 Å². The lowest BCUT2D eigenvalue weighted by Crippen LogP contribution is -2.34. The largest absolute Gasteiger partial charge is 0.444 e. The van der Waals surface area contributed by atoms with E-state index in [2.05, 4.69) is 15.7 Å². The SMILES string of the molecule is Cc1nn(C)c(Cl)c1/C=C/C(=O)NCCCNC(=O)OC(C)(C)C. The average molecular weight is 357 g/mol. The highest BCUT2D eigenvalue weighted by molar-refractivity contribution is 6.31. The molecule has 0 aliphatic rings. The number of nitrogens with zero attached hydrogens (tertiary/aromatic N) is 2. The molecule has 0 bridgehead atoms. The summed E-state index contributed by atoms with van der Waals surface area (Å²) in [6, 6.07) is 0. The molecule has 0 saturated carbocycles. The van der Waals surface area contributed by atoms with Gasteiger partial charge >= 0.3 is 6.09 Å². The molecule has 0 aliphatic heterocycles. The van der Waals surface area contributed by atoms with Gasteiger partial charge in [0.2, 0.25) is 5.91 Å². The molecule has 0 spiro atoms. The van der Waals surface area contributed by atoms with Crippen LogP contribution in [0, 0.1) is 6.92 Å². The van der Waals surface area contributed by atoms with Gasteiger partial charge in [-0.15, -0.1) is 0 Å². The van der Waals surface area contributed by atoms with Crippen LogP contribution in [0.4, 0.5) is 4.79 Å². The van der Waals surface area contributed by atoms with Crippen molar-refractivity contribution in [1.82, 2.24) is 20.4 Å². The van der Waals surface area contributed by atoms with E-state index in [-0.39, 0.29) is 5.91 Å². The summed E-state index contributed by atoms with van der Waals surface area (Å²) < 4.78 is 6.66. The first kappa shape index (κ1) is 20.0. The molecule has 1 aromatic rings. The summed E-state index contributed by atoms with van der Waals surface area (Å²) in [6.45, 7) is 8.09. The molecule has 8 heteroatoms. The molecule has 1 aromatic heterocycles. The Bertz CT molecular complexity index is 618. The average Bonchev–Trinajstić information content (AvgIpc) is 2.68. The number of alkyl carbamates (subject to hydrolysis) is 1. The van der Waals surface area contributed by atoms with Crippen LogP contribution in [0.2, 0.25) is 5.15 Å². The molecule has 2 N–H and O–H groups in total. The van der Waals surface area contributed by atoms with Crippen LogP contribution < -0.4 is 10.6 Å². The van der Waals surface area contributed by atoms with Crippen LogP contribution in [0.25, 0.3) is 6.08 Å². The first-order valence-electron chi connectivity index (χ1n) is 7.72. The van der Waals surface area contributed by atoms with Gasteiger partial charge in [0.05, 0.1) is 5.69 Å². The molecular weight excluding hydrogens is 332 g/mol. The second-order valence-corrected chi connectivity index (χ2v) is 6.68. The van der Waals surface area contributed by atoms with E-state index < -0.39 is 11.7 Å². The van der Waals surface area contributed by atoms with Gasteiger partial charge < -0.3 is 15.4 Å². The van der Waals surface area contributed by atoms with Crippen molar-refractivity contribution in [2.75, 3.05) is 13.1 Å². The minimum absolute atomic E-state index is 0.230. The number of carbonyl (C=O) groups is 2. The van der Waals surface area contributed by atoms with Crippen LogP contribution in [0.15, 0.2) is 6.08 Å². The monoisotopic (exact) mass is 356 g/mol. The van der Waals surface area contributed by atoms with E-state index in [4.69, 9.17) is 16.3 Å². The van der Waals surface area contributed by atoms with Crippen molar-refractivity contribution < 1.29 is 14.3 Å². The number of hydrogen-bond acceptors (Lipinski definition) is 4. The van der Waals surface area contributed by atoms with E-state index in [0.29, 0.717) is 24.7 Å². The second kappa shape index (κ2) is 8.73. The van der Waals surface area contributed by atoms with Crippen molar-refractivity contribution in [2.24, 2.45) is 7.05 Å². The summed E-state index contributed by atoms with van der Waals surface area (Å²) in [5.41, 5.74) is 0.962. The molecule has 1 rings (SSSR count). The van der Waals surface area contributed by atoms with Gasteiger partial charge in [-0.05, 0) is 40.2 Å². The Kier molecular flexibility index (Phi) is 7.28. The van der Waals surface area contributed by atoms with Crippen LogP contribution >= 0.6 is 11.6 Å². The maximum atomic E-state index is 11.8. The predicted molar refractivity (Wildman–Crippen MR) is 93.9 cm³/mol. The van der Waals surface area contributed by atoms with Gasteiger partial charge in [0, 0.05) is 31.8 Å². The predicted octanol–water partition coefficient (Wildman–Crippen LogP) is 2.43. The third kappa shape index (κ3) is 7.04. The zero-order chi connectivity index (χ0) is 18.3. The van der Waals surface area contributed by atoms with Gasteiger partial charge in [-0.3, -0.25) is 9.48 Å². The molecule has 24 heavy (non-hydrogen) atoms. The van der Waals surface area contributed by atoms with Gasteiger partial charge in [-0.2, -0.15) is 5.10 Å². The van der Waals surface area contributed by atoms with Crippen LogP contribution in [-0.2, 0) is 16.6 Å². The Morgan fingerprint density at radius 3 is 2.46 bits per heavy atom. The third-order valence-corrected chi connectivity index (χ3v) is 3.37. The quantitative estimate of drug-likeness (QED) is 0.605. The minimum Gasteiger partial charge on any atom is -0.444 e. The van der Waals surface area contributed by atoms with Gasteiger partial charge in [0.1, 0.15) is 10.8 Å². The summed E-state index contributed by atoms with van der Waals surface area (Å²) >= 11 is 6.08. The number of aryl methyl sites for hydroxylation is 2. The Balaban J connectivity index is 2.27. The standard InChI is InChI=1S/C16H25ClN4O3/c1-11-12(14(17)21(5)20-11)7-8-13(22)18-9-6-10-19-15(23)24-16(2,3)4/h7-8H,6,9-10H2,1-5H3,(H,18,22)(H,19,23)/b8-7+. The first-order chi connectivity index (χ1) is 11.1. The number of halogens is 1. The highest BCUT2D eigenvalue weighted by atomic mass is 35.5. The van der Waals surface area contributed by atoms with E-state index in [1.807, 2.05) is 6.92 Å². The number of hydrogen-bond donors (Lipinski definition) is 2. The molecular formula is C16H25ClN4O3. The third-order valence-electron chi connectivity index (χ3n) is 2.92. The summed E-state index contributed by atoms with van der Waals surface area (Å²) in [4.78, 5) is 23.2. The minimum atomic E-state index is -0.519. The summed E-state index contributed by atoms with van der Waals surface area (Å²) in [6.07, 6.45) is 3.19. The summed E-state index contributed by atoms with van der Waals surface area (Å²) in [5, 5.41) is 10.0. The van der Waals surface area contributed by atoms with E-state index in [0.717, 1.165) is 11.3 Å². The fraction of sp³-hybridized carbons (Fsp3) is 0.562. The van der Waals surface area contributed by atoms with Gasteiger partial charge in [-0.1, -0.05) is 11.6 Å². The summed E-state index contributed by atoms with van der Waals surface area (Å²) in [5.74, 6) is -0.230. The molecule has 0 aliphatic carbocycles. The molecule has 0 radical (unpaired) electrons. The summed E-state index contributed by atoms with van der Waals surface area (Å²) in [7, 11) is 1.74. The Labute approximate surface area is 147 Å². The molecule has 7 nitrogen and oxygen atoms in total. The number of aromatic nitrogens is 2. The Morgan fingerprint density at radius 2 is 1.92 bits per heavy atom. The van der Waals surface area contributed by atoms with Crippen molar-refractivity contribution in [1.29, 1.82) is 0 Å². The maximum Gasteiger partial charge on any atom is 0.407 e. The number of carbonyl (C=O) groups excluding carboxylic acids is 2. The molecule has 0 saturated heterocycles. The topological polar surface area (TPSA) is 85.3 Å². The zero-order valence-electron chi connectivity index (χ0n) is 14.8. The fourth-order valence-corrected chi connectivity index (χ4v) is 2.10. The van der Waals surface area contributed by atoms with E-state index in [1.54, 1.807) is 38.6 Å². The van der Waals surface area contributed by atoms with Crippen molar-refractivity contribution in [3.8, 4) is 0 Å². The number of amides is 2. The van der Waals surface area contributed by atoms with Crippen LogP contribution in [0.5, 0.6) is 0 Å². The lowest BCUT2D eigenvalue weighted by molar-refractivity contribution is -0.116. The van der Waals surface area contributed by atoms with Gasteiger partial charge in [-0.25, -0.2) is 4.79 Å². The molecule has 2 amide bonds. The van der Waals surface area contributed by atoms with Crippen molar-refractivity contribution in [3.63, 3.8) is 0 Å². The number of nitrogens with one attached hydrogen (secondary N) is 2. The molecule has 0 fully saturated rings. The van der Waals surface area contributed by atoms with E-state index in [1.165, 1.54) is 6.08 Å². The van der Waals surface area contributed by atoms with E-state index >= 15 is 0 Å². The first-order valence-corrected chi connectivity index (χ1v) is 8.10. The number of ether oxygens (including phenoxy) is 1. The van der Waals surface area contributed by atoms with Gasteiger partial charge in [0.25, 0.3) is 0 Å². The Morgan fingerprint density at radius 1 is 1.29 bits per heavy atom. The van der Waals surface area contributed by atoms with Crippen LogP contribution in [0.3, 0.4) is 0 Å². The molecule has 0 atom stereocenters. The highest BCUT2D eigenvalue weighted by Crippen LogP contribution is 2.19. The number of rotatable bonds is 6. The molecule has 1 heterocycles. The maximum absolute atomic E-state index is 11.8. The smallest absolute Gasteiger partial charge is 0.407 e. The normalized spacial score (nSPS) is 11.6. The molecule has 0 unspecified atom stereocenters. The van der Waals surface area contributed by atoms with E-state index in [9.17, 15) is 9.59 Å². The molecule has 0 aromatic carbocycles. The lowest BCUT2D eigenvalue weighted by Gasteiger charge is -2.19. The van der Waals surface area contributed by atoms with Crippen molar-refractivity contribution >= 4 is 29.7 Å².